The fraction of sp³-hybridized carbons (Fsp3) is 0.231. The zero-order chi connectivity index (χ0) is 15.6. The first kappa shape index (κ1) is 14.5. The first-order valence-electron chi connectivity index (χ1n) is 6.24. The summed E-state index contributed by atoms with van der Waals surface area (Å²) in [5.41, 5.74) is 0.819. The first-order chi connectivity index (χ1) is 9.92. The number of non-ortho nitro benzene ring substituents is 1. The number of benzene rings is 1. The Morgan fingerprint density at radius 1 is 1.48 bits per heavy atom. The van der Waals surface area contributed by atoms with Gasteiger partial charge in [0, 0.05) is 19.2 Å². The highest BCUT2D eigenvalue weighted by molar-refractivity contribution is 6.04. The fourth-order valence-electron chi connectivity index (χ4n) is 1.84. The van der Waals surface area contributed by atoms with Crippen molar-refractivity contribution >= 4 is 17.3 Å². The summed E-state index contributed by atoms with van der Waals surface area (Å²) in [5, 5.41) is 27.0. The maximum atomic E-state index is 12.1. The molecule has 0 unspecified atom stereocenters. The van der Waals surface area contributed by atoms with Crippen molar-refractivity contribution in [1.82, 2.24) is 9.78 Å². The molecule has 110 valence electrons. The van der Waals surface area contributed by atoms with E-state index in [-0.39, 0.29) is 17.1 Å². The largest absolute Gasteiger partial charge is 0.506 e. The molecule has 0 radical (unpaired) electrons. The van der Waals surface area contributed by atoms with Gasteiger partial charge >= 0.3 is 0 Å². The van der Waals surface area contributed by atoms with Crippen molar-refractivity contribution in [3.63, 3.8) is 0 Å². The van der Waals surface area contributed by atoms with Crippen LogP contribution in [0.2, 0.25) is 0 Å². The molecule has 1 amide bonds. The van der Waals surface area contributed by atoms with Crippen LogP contribution in [0.5, 0.6) is 5.75 Å². The van der Waals surface area contributed by atoms with Crippen LogP contribution in [0.3, 0.4) is 0 Å². The van der Waals surface area contributed by atoms with E-state index in [9.17, 15) is 20.0 Å². The smallest absolute Gasteiger partial charge is 0.274 e. The zero-order valence-corrected chi connectivity index (χ0v) is 11.5. The van der Waals surface area contributed by atoms with Crippen molar-refractivity contribution in [3.05, 3.63) is 45.8 Å². The molecule has 0 saturated carbocycles. The lowest BCUT2D eigenvalue weighted by atomic mass is 10.2. The van der Waals surface area contributed by atoms with E-state index < -0.39 is 10.8 Å². The molecular weight excluding hydrogens is 276 g/mol. The number of phenols is 1. The predicted molar refractivity (Wildman–Crippen MR) is 75.3 cm³/mol. The molecule has 0 saturated heterocycles. The second-order valence-corrected chi connectivity index (χ2v) is 4.41. The number of nitro groups is 1. The third-order valence-corrected chi connectivity index (χ3v) is 2.96. The summed E-state index contributed by atoms with van der Waals surface area (Å²) in [6.45, 7) is 1.91. The number of carbonyl (C=O) groups is 1. The number of nitrogens with zero attached hydrogens (tertiary/aromatic N) is 3. The average molecular weight is 290 g/mol. The van der Waals surface area contributed by atoms with Gasteiger partial charge in [-0.3, -0.25) is 19.6 Å². The number of hydrogen-bond acceptors (Lipinski definition) is 5. The monoisotopic (exact) mass is 290 g/mol. The summed E-state index contributed by atoms with van der Waals surface area (Å²) in [5.74, 6) is -0.743. The van der Waals surface area contributed by atoms with E-state index in [1.165, 1.54) is 4.68 Å². The van der Waals surface area contributed by atoms with Crippen LogP contribution in [0, 0.1) is 10.1 Å². The van der Waals surface area contributed by atoms with E-state index >= 15 is 0 Å². The molecule has 8 heteroatoms. The molecule has 1 heterocycles. The highest BCUT2D eigenvalue weighted by Gasteiger charge is 2.16. The number of amides is 1. The van der Waals surface area contributed by atoms with Gasteiger partial charge < -0.3 is 10.4 Å². The summed E-state index contributed by atoms with van der Waals surface area (Å²) >= 11 is 0. The number of anilines is 1. The van der Waals surface area contributed by atoms with Gasteiger partial charge in [-0.15, -0.1) is 0 Å². The Hall–Kier alpha value is -2.90. The highest BCUT2D eigenvalue weighted by Crippen LogP contribution is 2.28. The van der Waals surface area contributed by atoms with Gasteiger partial charge in [-0.1, -0.05) is 6.92 Å². The van der Waals surface area contributed by atoms with Crippen LogP contribution in [-0.2, 0) is 13.5 Å². The van der Waals surface area contributed by atoms with E-state index in [2.05, 4.69) is 10.4 Å². The minimum absolute atomic E-state index is 0.0200. The van der Waals surface area contributed by atoms with Gasteiger partial charge in [-0.2, -0.15) is 5.10 Å². The SMILES string of the molecule is CCc1cc(C(=O)Nc2cc([N+](=O)[O-])ccc2O)n(C)n1. The lowest BCUT2D eigenvalue weighted by Crippen LogP contribution is -2.16. The van der Waals surface area contributed by atoms with Gasteiger partial charge in [0.15, 0.2) is 0 Å². The lowest BCUT2D eigenvalue weighted by Gasteiger charge is -2.07. The van der Waals surface area contributed by atoms with E-state index in [0.717, 1.165) is 23.9 Å². The molecular formula is C13H14N4O4. The number of aryl methyl sites for hydroxylation is 2. The quantitative estimate of drug-likeness (QED) is 0.507. The van der Waals surface area contributed by atoms with Crippen LogP contribution in [-0.4, -0.2) is 25.7 Å². The molecule has 2 aromatic rings. The lowest BCUT2D eigenvalue weighted by molar-refractivity contribution is -0.384. The number of nitro benzene ring substituents is 1. The number of hydrogen-bond donors (Lipinski definition) is 2. The standard InChI is InChI=1S/C13H14N4O4/c1-3-8-6-11(16(2)15-8)13(19)14-10-7-9(17(20)21)4-5-12(10)18/h4-7,18H,3H2,1-2H3,(H,14,19). The van der Waals surface area contributed by atoms with E-state index in [0.29, 0.717) is 12.1 Å². The Morgan fingerprint density at radius 2 is 2.19 bits per heavy atom. The maximum absolute atomic E-state index is 12.1. The zero-order valence-electron chi connectivity index (χ0n) is 11.5. The summed E-state index contributed by atoms with van der Waals surface area (Å²) in [6.07, 6.45) is 0.684. The molecule has 21 heavy (non-hydrogen) atoms. The average Bonchev–Trinajstić information content (AvgIpc) is 2.82. The van der Waals surface area contributed by atoms with Crippen LogP contribution in [0.15, 0.2) is 24.3 Å². The number of aromatic hydroxyl groups is 1. The van der Waals surface area contributed by atoms with Gasteiger partial charge in [0.25, 0.3) is 11.6 Å². The molecule has 0 aliphatic heterocycles. The van der Waals surface area contributed by atoms with Crippen molar-refractivity contribution in [2.75, 3.05) is 5.32 Å². The second-order valence-electron chi connectivity index (χ2n) is 4.41. The van der Waals surface area contributed by atoms with Crippen LogP contribution in [0.4, 0.5) is 11.4 Å². The summed E-state index contributed by atoms with van der Waals surface area (Å²) < 4.78 is 1.42. The highest BCUT2D eigenvalue weighted by atomic mass is 16.6. The molecule has 1 aromatic carbocycles. The molecule has 0 atom stereocenters. The fourth-order valence-corrected chi connectivity index (χ4v) is 1.84. The number of aromatic nitrogens is 2. The van der Waals surface area contributed by atoms with Crippen LogP contribution < -0.4 is 5.32 Å². The summed E-state index contributed by atoms with van der Waals surface area (Å²) in [6, 6.07) is 5.05. The number of nitrogens with one attached hydrogen (secondary N) is 1. The van der Waals surface area contributed by atoms with Crippen LogP contribution >= 0.6 is 0 Å². The minimum atomic E-state index is -0.603. The summed E-state index contributed by atoms with van der Waals surface area (Å²) in [4.78, 5) is 22.3. The van der Waals surface area contributed by atoms with Crippen molar-refractivity contribution in [1.29, 1.82) is 0 Å². The molecule has 0 aliphatic rings. The third kappa shape index (κ3) is 2.99. The van der Waals surface area contributed by atoms with Gasteiger partial charge in [-0.25, -0.2) is 0 Å². The number of rotatable bonds is 4. The van der Waals surface area contributed by atoms with Crippen LogP contribution in [0.25, 0.3) is 0 Å². The van der Waals surface area contributed by atoms with Gasteiger partial charge in [0.1, 0.15) is 11.4 Å². The first-order valence-corrected chi connectivity index (χ1v) is 6.24. The Kier molecular flexibility index (Phi) is 3.88. The molecule has 0 fully saturated rings. The van der Waals surface area contributed by atoms with E-state index in [1.54, 1.807) is 13.1 Å². The minimum Gasteiger partial charge on any atom is -0.506 e. The predicted octanol–water partition coefficient (Wildman–Crippen LogP) is 1.85. The molecule has 2 N–H and O–H groups in total. The Balaban J connectivity index is 2.28. The van der Waals surface area contributed by atoms with E-state index in [1.807, 2.05) is 6.92 Å². The Labute approximate surface area is 120 Å². The number of carbonyl (C=O) groups excluding carboxylic acids is 1. The summed E-state index contributed by atoms with van der Waals surface area (Å²) in [7, 11) is 1.63. The Morgan fingerprint density at radius 3 is 2.76 bits per heavy atom. The number of phenolic OH excluding ortho intramolecular Hbond substituents is 1. The van der Waals surface area contributed by atoms with Crippen molar-refractivity contribution in [2.45, 2.75) is 13.3 Å². The third-order valence-electron chi connectivity index (χ3n) is 2.96. The molecule has 0 spiro atoms. The van der Waals surface area contributed by atoms with Crippen molar-refractivity contribution in [3.8, 4) is 5.75 Å². The van der Waals surface area contributed by atoms with Gasteiger partial charge in [0.2, 0.25) is 0 Å². The molecule has 0 bridgehead atoms. The Bertz CT molecular complexity index is 708. The van der Waals surface area contributed by atoms with Gasteiger partial charge in [0.05, 0.1) is 16.3 Å². The van der Waals surface area contributed by atoms with Gasteiger partial charge in [-0.05, 0) is 18.6 Å². The normalized spacial score (nSPS) is 10.4. The molecule has 8 nitrogen and oxygen atoms in total. The molecule has 0 aliphatic carbocycles. The second kappa shape index (κ2) is 5.61. The molecule has 2 rings (SSSR count). The van der Waals surface area contributed by atoms with E-state index in [4.69, 9.17) is 0 Å². The molecule has 1 aromatic heterocycles. The van der Waals surface area contributed by atoms with Crippen molar-refractivity contribution < 1.29 is 14.8 Å². The van der Waals surface area contributed by atoms with Crippen LogP contribution in [0.1, 0.15) is 23.1 Å². The maximum Gasteiger partial charge on any atom is 0.274 e. The van der Waals surface area contributed by atoms with Crippen molar-refractivity contribution in [2.24, 2.45) is 7.05 Å². The topological polar surface area (TPSA) is 110 Å².